The quantitative estimate of drug-likeness (QED) is 0.233. The van der Waals surface area contributed by atoms with Crippen LogP contribution in [0.2, 0.25) is 0 Å². The molecule has 0 saturated heterocycles. The Balaban J connectivity index is 1.62. The highest BCUT2D eigenvalue weighted by Gasteiger charge is 2.36. The number of rotatable bonds is 3. The van der Waals surface area contributed by atoms with Gasteiger partial charge in [-0.3, -0.25) is 0 Å². The van der Waals surface area contributed by atoms with Gasteiger partial charge in [0.25, 0.3) is 0 Å². The number of ether oxygens (including phenoxy) is 1. The molecule has 3 aliphatic heterocycles. The highest BCUT2D eigenvalue weighted by atomic mass is 16.5. The third kappa shape index (κ3) is 3.68. The van der Waals surface area contributed by atoms with E-state index >= 15 is 0 Å². The van der Waals surface area contributed by atoms with E-state index in [1.807, 2.05) is 0 Å². The maximum absolute atomic E-state index is 6.92. The number of nitrogens with zero attached hydrogens (tertiary/aromatic N) is 4. The van der Waals surface area contributed by atoms with Crippen LogP contribution in [0.5, 0.6) is 11.5 Å². The van der Waals surface area contributed by atoms with Gasteiger partial charge in [0.1, 0.15) is 23.9 Å². The number of hydrogen-bond acceptors (Lipinski definition) is 3. The van der Waals surface area contributed by atoms with Crippen molar-refractivity contribution in [3.8, 4) is 11.5 Å². The SMILES string of the molecule is CCN1c2cc3c(cc2C(C)=CC1(C)C)C(c1nc2ccccc2n1C)=c1cc2c(cc1O3)=[N+](CC)C(C)(C)C=C2C. The van der Waals surface area contributed by atoms with Gasteiger partial charge in [-0.25, -0.2) is 9.56 Å². The number of anilines is 1. The van der Waals surface area contributed by atoms with Crippen LogP contribution in [-0.4, -0.2) is 33.7 Å². The Kier molecular flexibility index (Phi) is 5.69. The summed E-state index contributed by atoms with van der Waals surface area (Å²) < 4.78 is 11.6. The average Bonchev–Trinajstić information content (AvgIpc) is 3.25. The number of fused-ring (bicyclic) bond motifs is 5. The maximum Gasteiger partial charge on any atom is 0.211 e. The van der Waals surface area contributed by atoms with Crippen LogP contribution in [0, 0.1) is 0 Å². The monoisotopic (exact) mass is 557 g/mol. The van der Waals surface area contributed by atoms with Gasteiger partial charge in [-0.1, -0.05) is 18.2 Å². The fourth-order valence-corrected chi connectivity index (χ4v) is 7.80. The third-order valence-corrected chi connectivity index (χ3v) is 9.56. The Morgan fingerprint density at radius 1 is 0.857 bits per heavy atom. The molecule has 0 amide bonds. The average molecular weight is 558 g/mol. The maximum atomic E-state index is 6.92. The van der Waals surface area contributed by atoms with E-state index in [9.17, 15) is 0 Å². The molecule has 0 spiro atoms. The van der Waals surface area contributed by atoms with Crippen LogP contribution >= 0.6 is 0 Å². The molecule has 3 aromatic carbocycles. The lowest BCUT2D eigenvalue weighted by Gasteiger charge is -2.43. The van der Waals surface area contributed by atoms with Gasteiger partial charge in [0.05, 0.1) is 22.6 Å². The summed E-state index contributed by atoms with van der Waals surface area (Å²) >= 11 is 0. The van der Waals surface area contributed by atoms with Crippen LogP contribution in [0.15, 0.2) is 60.7 Å². The molecule has 7 rings (SSSR count). The summed E-state index contributed by atoms with van der Waals surface area (Å²) in [5.74, 6) is 2.73. The van der Waals surface area contributed by atoms with Gasteiger partial charge in [-0.05, 0) is 83.0 Å². The second kappa shape index (κ2) is 8.94. The smallest absolute Gasteiger partial charge is 0.211 e. The van der Waals surface area contributed by atoms with Crippen LogP contribution in [0.1, 0.15) is 77.9 Å². The molecular weight excluding hydrogens is 516 g/mol. The van der Waals surface area contributed by atoms with E-state index in [1.165, 1.54) is 33.3 Å². The number of likely N-dealkylation sites (N-methyl/N-ethyl adjacent to an activating group) is 2. The summed E-state index contributed by atoms with van der Waals surface area (Å²) in [6.45, 7) is 19.9. The summed E-state index contributed by atoms with van der Waals surface area (Å²) in [4.78, 5) is 7.70. The van der Waals surface area contributed by atoms with Crippen molar-refractivity contribution < 1.29 is 4.74 Å². The molecule has 1 aromatic heterocycles. The van der Waals surface area contributed by atoms with E-state index in [2.05, 4.69) is 137 Å². The van der Waals surface area contributed by atoms with Crippen LogP contribution in [0.25, 0.3) is 27.8 Å². The molecule has 3 aliphatic rings. The van der Waals surface area contributed by atoms with Crippen molar-refractivity contribution in [1.82, 2.24) is 14.1 Å². The molecule has 214 valence electrons. The number of imidazole rings is 1. The van der Waals surface area contributed by atoms with Gasteiger partial charge in [-0.2, -0.15) is 0 Å². The van der Waals surface area contributed by atoms with Crippen molar-refractivity contribution in [3.05, 3.63) is 93.8 Å². The minimum Gasteiger partial charge on any atom is -0.456 e. The highest BCUT2D eigenvalue weighted by Crippen LogP contribution is 2.46. The molecule has 42 heavy (non-hydrogen) atoms. The number of aryl methyl sites for hydroxylation is 1. The first-order chi connectivity index (χ1) is 19.9. The van der Waals surface area contributed by atoms with Gasteiger partial charge < -0.3 is 14.2 Å². The van der Waals surface area contributed by atoms with Crippen molar-refractivity contribution in [1.29, 1.82) is 0 Å². The highest BCUT2D eigenvalue weighted by molar-refractivity contribution is 5.92. The fraction of sp³-hybridized carbons (Fsp3) is 0.351. The standard InChI is InChI=1S/C37H41N4O/c1-10-40-30-18-32-26(16-24(30)22(3)20-36(40,5)6)34(35-38-28-14-12-13-15-29(28)39(35)9)27-17-25-23(4)21-37(7,8)41(11-2)31(25)19-33(27)42-32/h12-21H,10-11H2,1-9H3/q+1. The lowest BCUT2D eigenvalue weighted by molar-refractivity contribution is 0.399. The molecule has 0 N–H and O–H groups in total. The first kappa shape index (κ1) is 26.8. The fourth-order valence-electron chi connectivity index (χ4n) is 7.80. The van der Waals surface area contributed by atoms with E-state index in [0.29, 0.717) is 0 Å². The Bertz CT molecular complexity index is 2020. The summed E-state index contributed by atoms with van der Waals surface area (Å²) in [5.41, 5.74) is 10.5. The molecule has 4 heterocycles. The van der Waals surface area contributed by atoms with E-state index in [-0.39, 0.29) is 11.1 Å². The summed E-state index contributed by atoms with van der Waals surface area (Å²) in [6.07, 6.45) is 4.78. The molecule has 0 saturated carbocycles. The van der Waals surface area contributed by atoms with E-state index < -0.39 is 0 Å². The zero-order valence-corrected chi connectivity index (χ0v) is 26.4. The lowest BCUT2D eigenvalue weighted by Crippen LogP contribution is -2.49. The van der Waals surface area contributed by atoms with Crippen molar-refractivity contribution in [3.63, 3.8) is 0 Å². The van der Waals surface area contributed by atoms with Gasteiger partial charge in [0.2, 0.25) is 5.36 Å². The topological polar surface area (TPSA) is 33.3 Å². The van der Waals surface area contributed by atoms with Gasteiger partial charge in [-0.15, -0.1) is 0 Å². The van der Waals surface area contributed by atoms with Gasteiger partial charge in [0, 0.05) is 66.7 Å². The Morgan fingerprint density at radius 3 is 2.31 bits per heavy atom. The number of hydrogen-bond donors (Lipinski definition) is 0. The Hall–Kier alpha value is -4.12. The largest absolute Gasteiger partial charge is 0.456 e. The van der Waals surface area contributed by atoms with Crippen molar-refractivity contribution >= 4 is 33.4 Å². The predicted molar refractivity (Wildman–Crippen MR) is 175 cm³/mol. The van der Waals surface area contributed by atoms with E-state index in [4.69, 9.17) is 9.72 Å². The second-order valence-corrected chi connectivity index (χ2v) is 13.1. The molecule has 0 unspecified atom stereocenters. The minimum atomic E-state index is -0.0767. The Morgan fingerprint density at radius 2 is 1.60 bits per heavy atom. The molecule has 5 nitrogen and oxygen atoms in total. The van der Waals surface area contributed by atoms with E-state index in [0.717, 1.165) is 57.8 Å². The normalized spacial score (nSPS) is 18.1. The molecule has 0 atom stereocenters. The van der Waals surface area contributed by atoms with Crippen LogP contribution in [0.4, 0.5) is 5.69 Å². The van der Waals surface area contributed by atoms with Crippen LogP contribution < -0.4 is 24.8 Å². The molecule has 5 heteroatoms. The number of para-hydroxylation sites is 2. The number of benzene rings is 3. The molecule has 4 aromatic rings. The zero-order valence-electron chi connectivity index (χ0n) is 26.4. The van der Waals surface area contributed by atoms with Crippen molar-refractivity contribution in [2.24, 2.45) is 7.05 Å². The zero-order chi connectivity index (χ0) is 29.7. The molecule has 0 fully saturated rings. The summed E-state index contributed by atoms with van der Waals surface area (Å²) in [7, 11) is 2.13. The van der Waals surface area contributed by atoms with Gasteiger partial charge >= 0.3 is 0 Å². The number of aromatic nitrogens is 2. The van der Waals surface area contributed by atoms with Crippen LogP contribution in [0.3, 0.4) is 0 Å². The first-order valence-electron chi connectivity index (χ1n) is 15.2. The number of allylic oxidation sites excluding steroid dienone is 2. The second-order valence-electron chi connectivity index (χ2n) is 13.1. The van der Waals surface area contributed by atoms with Crippen LogP contribution in [-0.2, 0) is 7.05 Å². The van der Waals surface area contributed by atoms with E-state index in [1.54, 1.807) is 0 Å². The Labute approximate surface area is 248 Å². The van der Waals surface area contributed by atoms with Crippen molar-refractivity contribution in [2.45, 2.75) is 66.5 Å². The lowest BCUT2D eigenvalue weighted by atomic mass is 9.85. The molecule has 0 bridgehead atoms. The predicted octanol–water partition coefficient (Wildman–Crippen LogP) is 6.65. The molecule has 0 radical (unpaired) electrons. The summed E-state index contributed by atoms with van der Waals surface area (Å²) in [6, 6.07) is 17.6. The van der Waals surface area contributed by atoms with Gasteiger partial charge in [0.15, 0.2) is 5.54 Å². The summed E-state index contributed by atoms with van der Waals surface area (Å²) in [5, 5.41) is 2.32. The molecular formula is C37H41N4O+. The first-order valence-corrected chi connectivity index (χ1v) is 15.2. The minimum absolute atomic E-state index is 0.0767. The molecule has 0 aliphatic carbocycles. The van der Waals surface area contributed by atoms with Crippen molar-refractivity contribution in [2.75, 3.05) is 18.0 Å². The third-order valence-electron chi connectivity index (χ3n) is 9.56.